The number of nitrogens with one attached hydrogen (secondary N) is 1. The zero-order chi connectivity index (χ0) is 16.4. The van der Waals surface area contributed by atoms with Crippen molar-refractivity contribution in [2.45, 2.75) is 25.9 Å². The van der Waals surface area contributed by atoms with Crippen LogP contribution in [0.3, 0.4) is 0 Å². The maximum absolute atomic E-state index is 13.1. The highest BCUT2D eigenvalue weighted by Gasteiger charge is 2.36. The molecule has 6 nitrogen and oxygen atoms in total. The molecule has 0 aromatic heterocycles. The van der Waals surface area contributed by atoms with Crippen molar-refractivity contribution in [3.05, 3.63) is 35.9 Å². The van der Waals surface area contributed by atoms with Gasteiger partial charge in [-0.05, 0) is 19.4 Å². The summed E-state index contributed by atoms with van der Waals surface area (Å²) in [6.07, 6.45) is -0.442. The molecule has 0 heterocycles. The highest BCUT2D eigenvalue weighted by Crippen LogP contribution is 2.59. The first-order valence-electron chi connectivity index (χ1n) is 7.34. The molecule has 1 aromatic carbocycles. The summed E-state index contributed by atoms with van der Waals surface area (Å²) in [5.41, 5.74) is 0.832. The Bertz CT molecular complexity index is 443. The second-order valence-corrected chi connectivity index (χ2v) is 6.61. The van der Waals surface area contributed by atoms with Crippen LogP contribution in [0.25, 0.3) is 0 Å². The van der Waals surface area contributed by atoms with Crippen LogP contribution in [0.4, 0.5) is 0 Å². The van der Waals surface area contributed by atoms with Crippen LogP contribution >= 0.6 is 7.60 Å². The van der Waals surface area contributed by atoms with E-state index in [2.05, 4.69) is 5.32 Å². The van der Waals surface area contributed by atoms with Gasteiger partial charge in [-0.15, -0.1) is 0 Å². The number of hydrogen-bond acceptors (Lipinski definition) is 6. The molecule has 0 aliphatic heterocycles. The predicted molar refractivity (Wildman–Crippen MR) is 85.9 cm³/mol. The third kappa shape index (κ3) is 5.47. The largest absolute Gasteiger partial charge is 0.355 e. The van der Waals surface area contributed by atoms with E-state index in [-0.39, 0.29) is 0 Å². The molecular weight excluding hydrogens is 305 g/mol. The van der Waals surface area contributed by atoms with Crippen molar-refractivity contribution in [2.75, 3.05) is 34.0 Å². The highest BCUT2D eigenvalue weighted by molar-refractivity contribution is 7.54. The van der Waals surface area contributed by atoms with Gasteiger partial charge < -0.3 is 18.5 Å². The van der Waals surface area contributed by atoms with Crippen LogP contribution < -0.4 is 5.32 Å². The Morgan fingerprint density at radius 1 is 1.05 bits per heavy atom. The van der Waals surface area contributed by atoms with E-state index in [0.717, 1.165) is 5.56 Å². The van der Waals surface area contributed by atoms with Gasteiger partial charge in [0.15, 0.2) is 6.29 Å². The summed E-state index contributed by atoms with van der Waals surface area (Å²) in [6.45, 7) is 4.55. The van der Waals surface area contributed by atoms with Gasteiger partial charge in [-0.1, -0.05) is 30.3 Å². The lowest BCUT2D eigenvalue weighted by Crippen LogP contribution is -2.33. The Labute approximate surface area is 132 Å². The molecule has 0 amide bonds. The van der Waals surface area contributed by atoms with Crippen LogP contribution in [0, 0.1) is 0 Å². The van der Waals surface area contributed by atoms with Crippen LogP contribution in [0.1, 0.15) is 25.2 Å². The number of benzene rings is 1. The zero-order valence-corrected chi connectivity index (χ0v) is 14.5. The van der Waals surface area contributed by atoms with Crippen molar-refractivity contribution in [1.82, 2.24) is 5.32 Å². The lowest BCUT2D eigenvalue weighted by atomic mass is 10.2. The summed E-state index contributed by atoms with van der Waals surface area (Å²) in [5, 5.41) is 3.19. The van der Waals surface area contributed by atoms with Crippen molar-refractivity contribution in [2.24, 2.45) is 0 Å². The number of rotatable bonds is 11. The summed E-state index contributed by atoms with van der Waals surface area (Å²) in [7, 11) is -0.244. The topological polar surface area (TPSA) is 66.0 Å². The fourth-order valence-corrected chi connectivity index (χ4v) is 4.02. The van der Waals surface area contributed by atoms with Gasteiger partial charge in [-0.2, -0.15) is 0 Å². The molecule has 0 saturated carbocycles. The minimum Gasteiger partial charge on any atom is -0.355 e. The van der Waals surface area contributed by atoms with E-state index in [1.165, 1.54) is 0 Å². The van der Waals surface area contributed by atoms with Crippen LogP contribution in [0.5, 0.6) is 0 Å². The third-order valence-corrected chi connectivity index (χ3v) is 5.40. The number of ether oxygens (including phenoxy) is 2. The van der Waals surface area contributed by atoms with Crippen molar-refractivity contribution < 1.29 is 23.1 Å². The van der Waals surface area contributed by atoms with Gasteiger partial charge in [0.05, 0.1) is 13.2 Å². The quantitative estimate of drug-likeness (QED) is 0.496. The lowest BCUT2D eigenvalue weighted by molar-refractivity contribution is -0.0993. The van der Waals surface area contributed by atoms with Crippen LogP contribution in [-0.4, -0.2) is 40.3 Å². The van der Waals surface area contributed by atoms with E-state index in [1.54, 1.807) is 28.1 Å². The molecule has 1 aromatic rings. The van der Waals surface area contributed by atoms with E-state index in [1.807, 2.05) is 30.3 Å². The lowest BCUT2D eigenvalue weighted by Gasteiger charge is -2.28. The molecule has 7 heteroatoms. The van der Waals surface area contributed by atoms with Gasteiger partial charge in [-0.25, -0.2) is 0 Å². The standard InChI is InChI=1S/C15H26NO5P/c1-5-20-22(17,21-6-2)15(13-10-8-7-9-11-13)16-12-14(18-3)19-4/h7-11,14-16H,5-6,12H2,1-4H3. The molecular formula is C15H26NO5P. The average Bonchev–Trinajstić information content (AvgIpc) is 2.53. The molecule has 0 aliphatic carbocycles. The van der Waals surface area contributed by atoms with Gasteiger partial charge in [0.25, 0.3) is 0 Å². The molecule has 126 valence electrons. The van der Waals surface area contributed by atoms with Crippen molar-refractivity contribution in [3.8, 4) is 0 Å². The maximum atomic E-state index is 13.1. The minimum absolute atomic E-state index is 0.306. The second kappa shape index (κ2) is 10.1. The summed E-state index contributed by atoms with van der Waals surface area (Å²) in [4.78, 5) is 0. The molecule has 0 fully saturated rings. The van der Waals surface area contributed by atoms with Crippen LogP contribution in [0.15, 0.2) is 30.3 Å². The van der Waals surface area contributed by atoms with Gasteiger partial charge in [-0.3, -0.25) is 9.88 Å². The third-order valence-electron chi connectivity index (χ3n) is 3.05. The fraction of sp³-hybridized carbons (Fsp3) is 0.600. The molecule has 22 heavy (non-hydrogen) atoms. The van der Waals surface area contributed by atoms with E-state index in [0.29, 0.717) is 19.8 Å². The Morgan fingerprint density at radius 3 is 2.05 bits per heavy atom. The zero-order valence-electron chi connectivity index (χ0n) is 13.7. The molecule has 0 aliphatic rings. The fourth-order valence-electron chi connectivity index (χ4n) is 2.06. The van der Waals surface area contributed by atoms with Crippen molar-refractivity contribution in [3.63, 3.8) is 0 Å². The predicted octanol–water partition coefficient (Wildman–Crippen LogP) is 3.16. The summed E-state index contributed by atoms with van der Waals surface area (Å²) >= 11 is 0. The first kappa shape index (κ1) is 19.3. The Morgan fingerprint density at radius 2 is 1.59 bits per heavy atom. The average molecular weight is 331 g/mol. The van der Waals surface area contributed by atoms with E-state index in [9.17, 15) is 4.57 Å². The first-order chi connectivity index (χ1) is 10.6. The van der Waals surface area contributed by atoms with Gasteiger partial charge >= 0.3 is 7.60 Å². The van der Waals surface area contributed by atoms with Gasteiger partial charge in [0, 0.05) is 20.8 Å². The SMILES string of the molecule is CCOP(=O)(OCC)C(NCC(OC)OC)c1ccccc1. The molecule has 1 N–H and O–H groups in total. The molecule has 1 unspecified atom stereocenters. The smallest absolute Gasteiger partial charge is 0.351 e. The summed E-state index contributed by atoms with van der Waals surface area (Å²) in [6, 6.07) is 9.45. The van der Waals surface area contributed by atoms with Crippen LogP contribution in [0.2, 0.25) is 0 Å². The van der Waals surface area contributed by atoms with Gasteiger partial charge in [0.2, 0.25) is 0 Å². The van der Waals surface area contributed by atoms with Crippen LogP contribution in [-0.2, 0) is 23.1 Å². The molecule has 0 saturated heterocycles. The van der Waals surface area contributed by atoms with E-state index >= 15 is 0 Å². The first-order valence-corrected chi connectivity index (χ1v) is 8.95. The molecule has 0 bridgehead atoms. The molecule has 1 rings (SSSR count). The van der Waals surface area contributed by atoms with Crippen molar-refractivity contribution in [1.29, 1.82) is 0 Å². The summed E-state index contributed by atoms with van der Waals surface area (Å²) in [5.74, 6) is -0.582. The maximum Gasteiger partial charge on any atom is 0.351 e. The molecule has 0 radical (unpaired) electrons. The van der Waals surface area contributed by atoms with E-state index < -0.39 is 19.7 Å². The minimum atomic E-state index is -3.35. The number of methoxy groups -OCH3 is 2. The summed E-state index contributed by atoms with van der Waals surface area (Å²) < 4.78 is 34.4. The monoisotopic (exact) mass is 331 g/mol. The Balaban J connectivity index is 3.02. The Hall–Kier alpha value is -0.750. The van der Waals surface area contributed by atoms with Crippen molar-refractivity contribution >= 4 is 7.60 Å². The molecule has 1 atom stereocenters. The number of hydrogen-bond donors (Lipinski definition) is 1. The van der Waals surface area contributed by atoms with E-state index in [4.69, 9.17) is 18.5 Å². The van der Waals surface area contributed by atoms with Gasteiger partial charge in [0.1, 0.15) is 5.78 Å². The molecule has 0 spiro atoms. The second-order valence-electron chi connectivity index (χ2n) is 4.50. The highest BCUT2D eigenvalue weighted by atomic mass is 31.2. The normalized spacial score (nSPS) is 13.5. The Kier molecular flexibility index (Phi) is 8.86.